The van der Waals surface area contributed by atoms with Crippen molar-refractivity contribution in [3.63, 3.8) is 0 Å². The van der Waals surface area contributed by atoms with Crippen molar-refractivity contribution in [2.45, 2.75) is 0 Å². The Hall–Kier alpha value is 0.890. The predicted molar refractivity (Wildman–Crippen MR) is 64.2 cm³/mol. The van der Waals surface area contributed by atoms with Crippen molar-refractivity contribution in [3.8, 4) is 0 Å². The van der Waals surface area contributed by atoms with Gasteiger partial charge in [0, 0.05) is 0 Å². The van der Waals surface area contributed by atoms with Crippen molar-refractivity contribution < 1.29 is 48.2 Å². The van der Waals surface area contributed by atoms with E-state index >= 15 is 0 Å². The van der Waals surface area contributed by atoms with Crippen molar-refractivity contribution in [3.05, 3.63) is 66.7 Å². The van der Waals surface area contributed by atoms with Crippen molar-refractivity contribution in [2.24, 2.45) is 0 Å². The standard InChI is InChI=1S/C6H6.C6H5.2ClH.2Hg/c2*1-2-4-6-5-3-1;;;;/h1-6H;1-5H;2*1H;;/q;;;;2*+1/p-2. The van der Waals surface area contributed by atoms with Crippen molar-refractivity contribution in [1.82, 2.24) is 0 Å². The number of hydrogen-bond donors (Lipinski definition) is 0. The first-order chi connectivity index (χ1) is 7.93. The molecule has 2 rings (SSSR count). The largest absolute Gasteiger partial charge is 0.0623 e. The van der Waals surface area contributed by atoms with Gasteiger partial charge in [-0.3, -0.25) is 0 Å². The van der Waals surface area contributed by atoms with E-state index in [9.17, 15) is 0 Å². The summed E-state index contributed by atoms with van der Waals surface area (Å²) in [5.41, 5.74) is 0. The molecular formula is C12H11Cl2Hg2. The van der Waals surface area contributed by atoms with Crippen LogP contribution in [0.5, 0.6) is 0 Å². The average molecular weight is 627 g/mol. The minimum atomic E-state index is -1.07. The molecule has 0 atom stereocenters. The van der Waals surface area contributed by atoms with E-state index in [1.165, 1.54) is 3.07 Å². The zero-order valence-corrected chi connectivity index (χ0v) is 21.5. The third kappa shape index (κ3) is 10.1. The topological polar surface area (TPSA) is 0 Å². The number of benzene rings is 2. The van der Waals surface area contributed by atoms with Crippen LogP contribution in [0.25, 0.3) is 0 Å². The van der Waals surface area contributed by atoms with Gasteiger partial charge in [0.15, 0.2) is 0 Å². The molecule has 0 spiro atoms. The van der Waals surface area contributed by atoms with Crippen molar-refractivity contribution in [2.75, 3.05) is 0 Å². The van der Waals surface area contributed by atoms with E-state index in [2.05, 4.69) is 12.1 Å². The van der Waals surface area contributed by atoms with Crippen LogP contribution in [0.15, 0.2) is 66.7 Å². The van der Waals surface area contributed by atoms with Gasteiger partial charge < -0.3 is 0 Å². The van der Waals surface area contributed by atoms with Crippen molar-refractivity contribution in [1.29, 1.82) is 0 Å². The first-order valence-corrected chi connectivity index (χ1v) is 21.1. The van der Waals surface area contributed by atoms with Crippen LogP contribution in [0.3, 0.4) is 0 Å². The summed E-state index contributed by atoms with van der Waals surface area (Å²) in [5, 5.41) is 0. The van der Waals surface area contributed by atoms with E-state index in [-0.39, 0.29) is 0 Å². The molecule has 0 aliphatic carbocycles. The maximum atomic E-state index is 5.75. The monoisotopic (exact) mass is 629 g/mol. The van der Waals surface area contributed by atoms with Crippen molar-refractivity contribution >= 4 is 19.6 Å². The van der Waals surface area contributed by atoms with Gasteiger partial charge >= 0.3 is 98.1 Å². The molecule has 0 saturated heterocycles. The minimum absolute atomic E-state index is 0.500. The van der Waals surface area contributed by atoms with Gasteiger partial charge in [-0.05, 0) is 0 Å². The summed E-state index contributed by atoms with van der Waals surface area (Å²) in [4.78, 5) is 0. The summed E-state index contributed by atoms with van der Waals surface area (Å²) in [5.74, 6) is 0. The van der Waals surface area contributed by atoms with Gasteiger partial charge in [-0.1, -0.05) is 36.4 Å². The number of halogens is 2. The molecule has 2 aromatic carbocycles. The number of hydrogen-bond acceptors (Lipinski definition) is 0. The molecule has 0 unspecified atom stereocenters. The Kier molecular flexibility index (Phi) is 14.7. The number of rotatable bonds is 1. The molecule has 0 N–H and O–H groups in total. The first-order valence-electron chi connectivity index (χ1n) is 4.80. The maximum Gasteiger partial charge on any atom is -0.0623 e. The van der Waals surface area contributed by atoms with Gasteiger partial charge in [-0.25, -0.2) is 0 Å². The molecule has 16 heavy (non-hydrogen) atoms. The third-order valence-corrected chi connectivity index (χ3v) is 7.40. The second-order valence-corrected chi connectivity index (χ2v) is 9.33. The predicted octanol–water partition coefficient (Wildman–Crippen LogP) is 3.92. The van der Waals surface area contributed by atoms with Crippen LogP contribution in [0, 0.1) is 0 Å². The zero-order valence-electron chi connectivity index (χ0n) is 9.02. The molecule has 0 aliphatic heterocycles. The molecular weight excluding hydrogens is 616 g/mol. The Morgan fingerprint density at radius 2 is 1.00 bits per heavy atom. The summed E-state index contributed by atoms with van der Waals surface area (Å²) >= 11 is -0.566. The van der Waals surface area contributed by atoms with Crippen LogP contribution in [-0.2, 0) is 48.2 Å². The van der Waals surface area contributed by atoms with E-state index in [1.807, 2.05) is 54.6 Å². The molecule has 4 heteroatoms. The Morgan fingerprint density at radius 3 is 1.25 bits per heavy atom. The van der Waals surface area contributed by atoms with Gasteiger partial charge in [-0.2, -0.15) is 0 Å². The molecule has 2 aromatic rings. The second kappa shape index (κ2) is 14.0. The van der Waals surface area contributed by atoms with Crippen LogP contribution in [0.4, 0.5) is 0 Å². The summed E-state index contributed by atoms with van der Waals surface area (Å²) < 4.78 is 1.40. The van der Waals surface area contributed by atoms with Gasteiger partial charge in [0.25, 0.3) is 0 Å². The van der Waals surface area contributed by atoms with E-state index < -0.39 is 23.3 Å². The Morgan fingerprint density at radius 1 is 0.688 bits per heavy atom. The molecule has 0 radical (unpaired) electrons. The fourth-order valence-electron chi connectivity index (χ4n) is 0.952. The quantitative estimate of drug-likeness (QED) is 0.421. The third-order valence-electron chi connectivity index (χ3n) is 1.66. The van der Waals surface area contributed by atoms with Gasteiger partial charge in [-0.15, -0.1) is 0 Å². The summed E-state index contributed by atoms with van der Waals surface area (Å²) in [6.07, 6.45) is 0. The summed E-state index contributed by atoms with van der Waals surface area (Å²) in [7, 11) is 10.6. The average Bonchev–Trinajstić information content (AvgIpc) is 2.44. The molecule has 77 valence electrons. The Balaban J connectivity index is 0.000000251. The molecule has 0 amide bonds. The molecule has 0 saturated carbocycles. The zero-order chi connectivity index (χ0) is 12.1. The summed E-state index contributed by atoms with van der Waals surface area (Å²) in [6, 6.07) is 22.3. The van der Waals surface area contributed by atoms with Crippen LogP contribution in [-0.4, -0.2) is 0 Å². The van der Waals surface area contributed by atoms with E-state index in [0.717, 1.165) is 0 Å². The molecule has 0 nitrogen and oxygen atoms in total. The minimum Gasteiger partial charge on any atom is -0.0623 e. The molecule has 0 aliphatic rings. The van der Waals surface area contributed by atoms with Gasteiger partial charge in [0.2, 0.25) is 0 Å². The SMILES string of the molecule is [Cl][Hg].[Cl][Hg][c]1ccccc1.c1ccccc1. The Bertz CT molecular complexity index is 301. The van der Waals surface area contributed by atoms with Crippen LogP contribution >= 0.6 is 16.5 Å². The first kappa shape index (κ1) is 16.9. The fraction of sp³-hybridized carbons (Fsp3) is 0. The maximum absolute atomic E-state index is 5.75. The smallest absolute Gasteiger partial charge is 0.0623 e. The molecule has 0 fully saturated rings. The van der Waals surface area contributed by atoms with E-state index in [0.29, 0.717) is 24.9 Å². The van der Waals surface area contributed by atoms with Gasteiger partial charge in [0.1, 0.15) is 0 Å². The molecule has 0 bridgehead atoms. The summed E-state index contributed by atoms with van der Waals surface area (Å²) in [6.45, 7) is 0. The van der Waals surface area contributed by atoms with Crippen LogP contribution < -0.4 is 3.07 Å². The van der Waals surface area contributed by atoms with Gasteiger partial charge in [0.05, 0.1) is 0 Å². The van der Waals surface area contributed by atoms with Crippen LogP contribution in [0.2, 0.25) is 0 Å². The fourth-order valence-corrected chi connectivity index (χ4v) is 4.27. The van der Waals surface area contributed by atoms with E-state index in [1.54, 1.807) is 0 Å². The normalized spacial score (nSPS) is 7.50. The Labute approximate surface area is 133 Å². The molecule has 0 heterocycles. The second-order valence-electron chi connectivity index (χ2n) is 2.77. The van der Waals surface area contributed by atoms with E-state index in [4.69, 9.17) is 16.5 Å². The van der Waals surface area contributed by atoms with Crippen LogP contribution in [0.1, 0.15) is 0 Å². The molecule has 0 aromatic heterocycles.